The molecule has 1 aromatic heterocycles. The first-order valence-corrected chi connectivity index (χ1v) is 4.71. The predicted octanol–water partition coefficient (Wildman–Crippen LogP) is 1.84. The Kier molecular flexibility index (Phi) is 1.70. The van der Waals surface area contributed by atoms with E-state index >= 15 is 0 Å². The van der Waals surface area contributed by atoms with Gasteiger partial charge < -0.3 is 5.73 Å². The van der Waals surface area contributed by atoms with E-state index in [0.717, 1.165) is 5.69 Å². The monoisotopic (exact) mass is 176 g/mol. The number of aryl methyl sites for hydroxylation is 1. The molecule has 0 spiro atoms. The maximum atomic E-state index is 5.97. The molecule has 13 heavy (non-hydrogen) atoms. The van der Waals surface area contributed by atoms with Gasteiger partial charge in [0, 0.05) is 23.9 Å². The Hall–Kier alpha value is -0.890. The molecule has 2 heteroatoms. The molecule has 1 aliphatic rings. The molecular formula is C11H16N2. The van der Waals surface area contributed by atoms with Crippen LogP contribution in [0.4, 0.5) is 0 Å². The van der Waals surface area contributed by atoms with Gasteiger partial charge in [-0.05, 0) is 24.0 Å². The second-order valence-corrected chi connectivity index (χ2v) is 4.59. The molecule has 1 heterocycles. The number of hydrogen-bond acceptors (Lipinski definition) is 2. The quantitative estimate of drug-likeness (QED) is 0.709. The Bertz CT molecular complexity index is 313. The van der Waals surface area contributed by atoms with Crippen molar-refractivity contribution >= 4 is 0 Å². The lowest BCUT2D eigenvalue weighted by atomic mass is 10.1. The predicted molar refractivity (Wildman–Crippen MR) is 53.5 cm³/mol. The molecule has 1 aromatic rings. The third kappa shape index (κ3) is 1.25. The van der Waals surface area contributed by atoms with Crippen molar-refractivity contribution in [3.8, 4) is 0 Å². The molecule has 2 nitrogen and oxygen atoms in total. The highest BCUT2D eigenvalue weighted by Gasteiger charge is 2.56. The van der Waals surface area contributed by atoms with E-state index in [-0.39, 0.29) is 11.5 Å². The lowest BCUT2D eigenvalue weighted by Crippen LogP contribution is -2.06. The van der Waals surface area contributed by atoms with Crippen molar-refractivity contribution in [2.75, 3.05) is 0 Å². The van der Waals surface area contributed by atoms with Gasteiger partial charge in [0.15, 0.2) is 0 Å². The van der Waals surface area contributed by atoms with Crippen molar-refractivity contribution < 1.29 is 0 Å². The highest BCUT2D eigenvalue weighted by atomic mass is 14.9. The van der Waals surface area contributed by atoms with Gasteiger partial charge in [0.2, 0.25) is 0 Å². The molecule has 70 valence electrons. The molecular weight excluding hydrogens is 160 g/mol. The zero-order valence-electron chi connectivity index (χ0n) is 8.41. The van der Waals surface area contributed by atoms with E-state index in [1.807, 2.05) is 6.20 Å². The smallest absolute Gasteiger partial charge is 0.0456 e. The molecule has 0 bridgehead atoms. The topological polar surface area (TPSA) is 38.9 Å². The molecule has 0 unspecified atom stereocenters. The summed E-state index contributed by atoms with van der Waals surface area (Å²) in [5, 5.41) is 0. The Labute approximate surface area is 79.2 Å². The highest BCUT2D eigenvalue weighted by molar-refractivity contribution is 5.29. The summed E-state index contributed by atoms with van der Waals surface area (Å²) in [6, 6.07) is 4.47. The molecule has 0 aliphatic heterocycles. The average molecular weight is 176 g/mol. The van der Waals surface area contributed by atoms with Crippen LogP contribution in [0.3, 0.4) is 0 Å². The third-order valence-corrected chi connectivity index (χ3v) is 3.16. The van der Waals surface area contributed by atoms with Gasteiger partial charge in [-0.2, -0.15) is 0 Å². The van der Waals surface area contributed by atoms with Gasteiger partial charge in [-0.15, -0.1) is 0 Å². The van der Waals surface area contributed by atoms with Gasteiger partial charge in [-0.1, -0.05) is 19.9 Å². The van der Waals surface area contributed by atoms with E-state index in [4.69, 9.17) is 5.73 Å². The molecule has 1 fully saturated rings. The third-order valence-electron chi connectivity index (χ3n) is 3.16. The molecule has 2 N–H and O–H groups in total. The maximum absolute atomic E-state index is 5.97. The van der Waals surface area contributed by atoms with Crippen molar-refractivity contribution in [3.05, 3.63) is 29.6 Å². The Morgan fingerprint density at radius 1 is 1.38 bits per heavy atom. The largest absolute Gasteiger partial charge is 0.327 e. The molecule has 1 aliphatic carbocycles. The van der Waals surface area contributed by atoms with Gasteiger partial charge in [0.1, 0.15) is 0 Å². The molecule has 1 saturated carbocycles. The van der Waals surface area contributed by atoms with Crippen LogP contribution in [0.2, 0.25) is 0 Å². The number of nitrogens with two attached hydrogens (primary N) is 1. The first kappa shape index (κ1) is 8.70. The van der Waals surface area contributed by atoms with Crippen molar-refractivity contribution in [2.24, 2.45) is 11.1 Å². The van der Waals surface area contributed by atoms with E-state index in [0.29, 0.717) is 5.92 Å². The zero-order chi connectivity index (χ0) is 9.64. The average Bonchev–Trinajstić information content (AvgIpc) is 2.55. The van der Waals surface area contributed by atoms with Crippen LogP contribution < -0.4 is 5.73 Å². The van der Waals surface area contributed by atoms with Gasteiger partial charge in [0.05, 0.1) is 0 Å². The van der Waals surface area contributed by atoms with Gasteiger partial charge in [-0.25, -0.2) is 0 Å². The minimum atomic E-state index is 0.238. The molecule has 2 atom stereocenters. The summed E-state index contributed by atoms with van der Waals surface area (Å²) in [6.07, 6.45) is 1.91. The van der Waals surface area contributed by atoms with Crippen LogP contribution in [0.5, 0.6) is 0 Å². The van der Waals surface area contributed by atoms with Crippen LogP contribution >= 0.6 is 0 Å². The summed E-state index contributed by atoms with van der Waals surface area (Å²) in [4.78, 5) is 4.41. The van der Waals surface area contributed by atoms with E-state index in [9.17, 15) is 0 Å². The van der Waals surface area contributed by atoms with Crippen LogP contribution in [0, 0.1) is 12.3 Å². The molecule has 2 rings (SSSR count). The molecule has 0 amide bonds. The Morgan fingerprint density at radius 3 is 2.38 bits per heavy atom. The van der Waals surface area contributed by atoms with Gasteiger partial charge in [-0.3, -0.25) is 4.98 Å². The van der Waals surface area contributed by atoms with Crippen molar-refractivity contribution in [3.63, 3.8) is 0 Å². The first-order valence-electron chi connectivity index (χ1n) is 4.71. The Balaban J connectivity index is 2.25. The fraction of sp³-hybridized carbons (Fsp3) is 0.545. The van der Waals surface area contributed by atoms with E-state index in [1.54, 1.807) is 0 Å². The number of aromatic nitrogens is 1. The van der Waals surface area contributed by atoms with E-state index in [1.165, 1.54) is 5.56 Å². The van der Waals surface area contributed by atoms with Crippen LogP contribution in [0.25, 0.3) is 0 Å². The van der Waals surface area contributed by atoms with Crippen LogP contribution in [-0.2, 0) is 0 Å². The summed E-state index contributed by atoms with van der Waals surface area (Å²) in [5.41, 5.74) is 8.56. The summed E-state index contributed by atoms with van der Waals surface area (Å²) in [7, 11) is 0. The zero-order valence-corrected chi connectivity index (χ0v) is 8.41. The fourth-order valence-electron chi connectivity index (χ4n) is 1.91. The summed E-state index contributed by atoms with van der Waals surface area (Å²) in [6.45, 7) is 6.45. The minimum absolute atomic E-state index is 0.238. The van der Waals surface area contributed by atoms with Crippen LogP contribution in [-0.4, -0.2) is 11.0 Å². The summed E-state index contributed by atoms with van der Waals surface area (Å²) < 4.78 is 0. The van der Waals surface area contributed by atoms with E-state index in [2.05, 4.69) is 37.9 Å². The fourth-order valence-corrected chi connectivity index (χ4v) is 1.91. The van der Waals surface area contributed by atoms with E-state index < -0.39 is 0 Å². The second kappa shape index (κ2) is 2.55. The molecule has 0 radical (unpaired) electrons. The number of nitrogens with zero attached hydrogens (tertiary/aromatic N) is 1. The molecule has 0 saturated heterocycles. The SMILES string of the molecule is Cc1ccc([C@H]2[C@H](N)C2(C)C)nc1. The standard InChI is InChI=1S/C11H16N2/c1-7-4-5-8(13-6-7)9-10(12)11(9,2)3/h4-6,9-10H,12H2,1-3H3/t9-,10-/m0/s1. The van der Waals surface area contributed by atoms with Crippen LogP contribution in [0.15, 0.2) is 18.3 Å². The normalized spacial score (nSPS) is 30.2. The number of rotatable bonds is 1. The molecule has 0 aromatic carbocycles. The maximum Gasteiger partial charge on any atom is 0.0456 e. The van der Waals surface area contributed by atoms with Crippen molar-refractivity contribution in [1.29, 1.82) is 0 Å². The summed E-state index contributed by atoms with van der Waals surface area (Å²) in [5.74, 6) is 0.452. The van der Waals surface area contributed by atoms with Crippen LogP contribution in [0.1, 0.15) is 31.0 Å². The van der Waals surface area contributed by atoms with Gasteiger partial charge in [0.25, 0.3) is 0 Å². The van der Waals surface area contributed by atoms with Gasteiger partial charge >= 0.3 is 0 Å². The number of pyridine rings is 1. The first-order chi connectivity index (χ1) is 6.03. The lowest BCUT2D eigenvalue weighted by Gasteiger charge is -2.01. The second-order valence-electron chi connectivity index (χ2n) is 4.59. The summed E-state index contributed by atoms with van der Waals surface area (Å²) >= 11 is 0. The lowest BCUT2D eigenvalue weighted by molar-refractivity contribution is 0.595. The highest BCUT2D eigenvalue weighted by Crippen LogP contribution is 2.56. The Morgan fingerprint density at radius 2 is 2.00 bits per heavy atom. The minimum Gasteiger partial charge on any atom is -0.327 e. The van der Waals surface area contributed by atoms with Crippen molar-refractivity contribution in [2.45, 2.75) is 32.7 Å². The van der Waals surface area contributed by atoms with Crippen molar-refractivity contribution in [1.82, 2.24) is 4.98 Å². The number of hydrogen-bond donors (Lipinski definition) is 1.